The van der Waals surface area contributed by atoms with Crippen LogP contribution in [-0.4, -0.2) is 0 Å². The lowest BCUT2D eigenvalue weighted by Crippen LogP contribution is -2.13. The van der Waals surface area contributed by atoms with Crippen LogP contribution < -0.4 is 9.80 Å². The number of hydrogen-bond acceptors (Lipinski definition) is 3. The van der Waals surface area contributed by atoms with Gasteiger partial charge in [0.05, 0.1) is 16.1 Å². The Morgan fingerprint density at radius 1 is 0.281 bits per heavy atom. The van der Waals surface area contributed by atoms with Gasteiger partial charge in [-0.2, -0.15) is 0 Å². The molecule has 0 N–H and O–H groups in total. The fourth-order valence-electron chi connectivity index (χ4n) is 8.44. The predicted octanol–water partition coefficient (Wildman–Crippen LogP) is 16.1. The van der Waals surface area contributed by atoms with Crippen LogP contribution in [0.1, 0.15) is 0 Å². The maximum absolute atomic E-state index is 2.45. The highest BCUT2D eigenvalue weighted by Gasteiger charge is 2.25. The van der Waals surface area contributed by atoms with E-state index in [-0.39, 0.29) is 0 Å². The summed E-state index contributed by atoms with van der Waals surface area (Å²) in [6.45, 7) is 0. The smallest absolute Gasteiger partial charge is 0.0641 e. The number of benzene rings is 10. The van der Waals surface area contributed by atoms with E-state index in [0.717, 1.165) is 34.1 Å². The molecule has 0 aliphatic rings. The Hall–Kier alpha value is -7.20. The lowest BCUT2D eigenvalue weighted by Gasteiger charge is -2.30. The van der Waals surface area contributed by atoms with E-state index >= 15 is 0 Å². The van der Waals surface area contributed by atoms with Crippen LogP contribution in [0.3, 0.4) is 0 Å². The summed E-state index contributed by atoms with van der Waals surface area (Å²) in [5.41, 5.74) is 9.16. The van der Waals surface area contributed by atoms with Crippen molar-refractivity contribution in [3.63, 3.8) is 0 Å². The zero-order chi connectivity index (χ0) is 37.7. The molecule has 11 aromatic rings. The lowest BCUT2D eigenvalue weighted by molar-refractivity contribution is 1.29. The maximum atomic E-state index is 2.45. The van der Waals surface area contributed by atoms with E-state index in [1.165, 1.54) is 63.6 Å². The van der Waals surface area contributed by atoms with Crippen molar-refractivity contribution in [1.82, 2.24) is 0 Å². The third-order valence-corrected chi connectivity index (χ3v) is 12.4. The zero-order valence-electron chi connectivity index (χ0n) is 31.1. The Balaban J connectivity index is 1.21. The van der Waals surface area contributed by atoms with Gasteiger partial charge in [0.15, 0.2) is 0 Å². The molecule has 0 spiro atoms. The SMILES string of the molecule is c1ccc(-c2ccc(N(c3ccc4ccccc4c3)c3ccc(N(c4ccccc4)c4ccc5ccccc5c4)c4c3sc3c5ccccc5ccc34)cc2)cc1. The minimum Gasteiger partial charge on any atom is -0.310 e. The number of nitrogens with zero attached hydrogens (tertiary/aromatic N) is 2. The highest BCUT2D eigenvalue weighted by molar-refractivity contribution is 7.27. The van der Waals surface area contributed by atoms with Gasteiger partial charge in [-0.15, -0.1) is 11.3 Å². The van der Waals surface area contributed by atoms with Crippen molar-refractivity contribution in [2.24, 2.45) is 0 Å². The third kappa shape index (κ3) is 5.80. The van der Waals surface area contributed by atoms with Gasteiger partial charge in [0.2, 0.25) is 0 Å². The molecule has 268 valence electrons. The summed E-state index contributed by atoms with van der Waals surface area (Å²) >= 11 is 1.90. The fourth-order valence-corrected chi connectivity index (χ4v) is 9.80. The van der Waals surface area contributed by atoms with Crippen molar-refractivity contribution >= 4 is 98.0 Å². The Bertz CT molecular complexity index is 3240. The summed E-state index contributed by atoms with van der Waals surface area (Å²) in [4.78, 5) is 4.89. The van der Waals surface area contributed by atoms with E-state index in [0.29, 0.717) is 0 Å². The number of hydrogen-bond donors (Lipinski definition) is 0. The summed E-state index contributed by atoms with van der Waals surface area (Å²) in [5, 5.41) is 9.89. The number of para-hydroxylation sites is 1. The fraction of sp³-hybridized carbons (Fsp3) is 0. The predicted molar refractivity (Wildman–Crippen MR) is 247 cm³/mol. The summed E-state index contributed by atoms with van der Waals surface area (Å²) in [5.74, 6) is 0. The van der Waals surface area contributed by atoms with Gasteiger partial charge in [-0.05, 0) is 104 Å². The standard InChI is InChI=1S/C54H36N2S/c1-3-13-37(14-4-1)40-23-28-45(29-24-40)56(47-31-26-39-16-8-10-19-43(39)36-47)51-34-33-50(52-49-32-27-41-17-11-12-22-48(41)53(49)57-54(51)52)55(44-20-5-2-6-21-44)46-30-25-38-15-7-9-18-42(38)35-46/h1-36H. The molecular weight excluding hydrogens is 709 g/mol. The monoisotopic (exact) mass is 744 g/mol. The van der Waals surface area contributed by atoms with Gasteiger partial charge in [-0.25, -0.2) is 0 Å². The van der Waals surface area contributed by atoms with Gasteiger partial charge >= 0.3 is 0 Å². The first kappa shape index (κ1) is 33.2. The summed E-state index contributed by atoms with van der Waals surface area (Å²) in [6.07, 6.45) is 0. The summed E-state index contributed by atoms with van der Waals surface area (Å²) in [7, 11) is 0. The topological polar surface area (TPSA) is 6.48 Å². The van der Waals surface area contributed by atoms with E-state index in [1.807, 2.05) is 11.3 Å². The summed E-state index contributed by atoms with van der Waals surface area (Å²) in [6, 6.07) is 79.5. The zero-order valence-corrected chi connectivity index (χ0v) is 31.9. The van der Waals surface area contributed by atoms with Gasteiger partial charge in [0, 0.05) is 38.2 Å². The van der Waals surface area contributed by atoms with Gasteiger partial charge in [0.1, 0.15) is 0 Å². The van der Waals surface area contributed by atoms with Crippen LogP contribution in [-0.2, 0) is 0 Å². The minimum atomic E-state index is 1.11. The molecule has 0 unspecified atom stereocenters. The first-order chi connectivity index (χ1) is 28.3. The average Bonchev–Trinajstić information content (AvgIpc) is 3.69. The average molecular weight is 745 g/mol. The molecule has 0 aliphatic carbocycles. The molecule has 0 bridgehead atoms. The summed E-state index contributed by atoms with van der Waals surface area (Å²) < 4.78 is 2.53. The minimum absolute atomic E-state index is 1.11. The quantitative estimate of drug-likeness (QED) is 0.160. The Kier molecular flexibility index (Phi) is 8.04. The molecule has 0 saturated carbocycles. The Labute approximate surface area is 335 Å². The van der Waals surface area contributed by atoms with E-state index in [9.17, 15) is 0 Å². The second kappa shape index (κ2) is 13.8. The molecule has 57 heavy (non-hydrogen) atoms. The maximum Gasteiger partial charge on any atom is 0.0641 e. The second-order valence-electron chi connectivity index (χ2n) is 14.6. The largest absolute Gasteiger partial charge is 0.310 e. The molecule has 3 heteroatoms. The highest BCUT2D eigenvalue weighted by Crippen LogP contribution is 2.52. The van der Waals surface area contributed by atoms with Crippen molar-refractivity contribution in [2.75, 3.05) is 9.80 Å². The first-order valence-corrected chi connectivity index (χ1v) is 20.2. The van der Waals surface area contributed by atoms with E-state index in [2.05, 4.69) is 228 Å². The second-order valence-corrected chi connectivity index (χ2v) is 15.6. The lowest BCUT2D eigenvalue weighted by atomic mass is 10.0. The Morgan fingerprint density at radius 2 is 0.754 bits per heavy atom. The van der Waals surface area contributed by atoms with Crippen LogP contribution in [0, 0.1) is 0 Å². The molecule has 0 amide bonds. The van der Waals surface area contributed by atoms with E-state index < -0.39 is 0 Å². The van der Waals surface area contributed by atoms with Crippen LogP contribution in [0.25, 0.3) is 63.6 Å². The van der Waals surface area contributed by atoms with Gasteiger partial charge < -0.3 is 9.80 Å². The molecule has 0 atom stereocenters. The van der Waals surface area contributed by atoms with Gasteiger partial charge in [-0.3, -0.25) is 0 Å². The molecule has 0 fully saturated rings. The van der Waals surface area contributed by atoms with E-state index in [1.54, 1.807) is 0 Å². The van der Waals surface area contributed by atoms with Crippen LogP contribution in [0.5, 0.6) is 0 Å². The molecule has 10 aromatic carbocycles. The molecular formula is C54H36N2S. The number of thiophene rings is 1. The number of fused-ring (bicyclic) bond motifs is 7. The number of rotatable bonds is 7. The molecule has 11 rings (SSSR count). The molecule has 1 aromatic heterocycles. The van der Waals surface area contributed by atoms with Crippen LogP contribution in [0.4, 0.5) is 34.1 Å². The van der Waals surface area contributed by atoms with Crippen molar-refractivity contribution in [2.45, 2.75) is 0 Å². The molecule has 0 radical (unpaired) electrons. The van der Waals surface area contributed by atoms with Crippen LogP contribution in [0.15, 0.2) is 218 Å². The van der Waals surface area contributed by atoms with Gasteiger partial charge in [-0.1, -0.05) is 158 Å². The number of anilines is 6. The van der Waals surface area contributed by atoms with Gasteiger partial charge in [0.25, 0.3) is 0 Å². The molecule has 1 heterocycles. The molecule has 0 aliphatic heterocycles. The van der Waals surface area contributed by atoms with Crippen molar-refractivity contribution in [1.29, 1.82) is 0 Å². The Morgan fingerprint density at radius 3 is 1.42 bits per heavy atom. The third-order valence-electron chi connectivity index (χ3n) is 11.2. The van der Waals surface area contributed by atoms with Crippen molar-refractivity contribution < 1.29 is 0 Å². The van der Waals surface area contributed by atoms with Crippen LogP contribution >= 0.6 is 11.3 Å². The van der Waals surface area contributed by atoms with Crippen LogP contribution in [0.2, 0.25) is 0 Å². The normalized spacial score (nSPS) is 11.5. The molecule has 2 nitrogen and oxygen atoms in total. The first-order valence-electron chi connectivity index (χ1n) is 19.4. The molecule has 0 saturated heterocycles. The van der Waals surface area contributed by atoms with Crippen molar-refractivity contribution in [3.05, 3.63) is 218 Å². The van der Waals surface area contributed by atoms with Crippen molar-refractivity contribution in [3.8, 4) is 11.1 Å². The highest BCUT2D eigenvalue weighted by atomic mass is 32.1. The van der Waals surface area contributed by atoms with E-state index in [4.69, 9.17) is 0 Å².